The summed E-state index contributed by atoms with van der Waals surface area (Å²) in [6.07, 6.45) is 2.11. The van der Waals surface area contributed by atoms with Crippen molar-refractivity contribution in [1.82, 2.24) is 5.32 Å². The maximum atomic E-state index is 12.2. The summed E-state index contributed by atoms with van der Waals surface area (Å²) >= 11 is 0.696. The van der Waals surface area contributed by atoms with E-state index in [4.69, 9.17) is 14.2 Å². The highest BCUT2D eigenvalue weighted by molar-refractivity contribution is 8.26. The molecule has 0 aliphatic carbocycles. The first-order valence-electron chi connectivity index (χ1n) is 11.8. The average molecular weight is 492 g/mol. The lowest BCUT2D eigenvalue weighted by Gasteiger charge is -2.23. The Morgan fingerprint density at radius 2 is 1.60 bits per heavy atom. The number of benzene rings is 3. The van der Waals surface area contributed by atoms with Crippen LogP contribution in [-0.4, -0.2) is 16.6 Å². The number of rotatable bonds is 10. The monoisotopic (exact) mass is 491 g/mol. The van der Waals surface area contributed by atoms with Crippen LogP contribution in [0.4, 0.5) is 4.79 Å². The van der Waals surface area contributed by atoms with Gasteiger partial charge in [-0.15, -0.1) is 0 Å². The van der Waals surface area contributed by atoms with Crippen molar-refractivity contribution in [2.24, 2.45) is 0 Å². The number of aryl methyl sites for hydroxylation is 1. The minimum atomic E-state index is -1.03. The maximum Gasteiger partial charge on any atom is 0.287 e. The number of hydrogen-bond acceptors (Lipinski definition) is 6. The van der Waals surface area contributed by atoms with Crippen LogP contribution in [0.3, 0.4) is 0 Å². The molecule has 35 heavy (non-hydrogen) atoms. The molecule has 0 spiro atoms. The quantitative estimate of drug-likeness (QED) is 0.314. The molecular formula is C28H29NO5S. The molecule has 3 aromatic carbocycles. The fourth-order valence-corrected chi connectivity index (χ4v) is 4.63. The van der Waals surface area contributed by atoms with Crippen molar-refractivity contribution in [1.29, 1.82) is 0 Å². The lowest BCUT2D eigenvalue weighted by molar-refractivity contribution is -0.115. The number of thioether (sulfide) groups is 1. The van der Waals surface area contributed by atoms with E-state index >= 15 is 0 Å². The largest absolute Gasteiger partial charge is 0.457 e. The smallest absolute Gasteiger partial charge is 0.287 e. The summed E-state index contributed by atoms with van der Waals surface area (Å²) in [5, 5.41) is 2.18. The van der Waals surface area contributed by atoms with Crippen molar-refractivity contribution in [2.45, 2.75) is 51.9 Å². The van der Waals surface area contributed by atoms with Gasteiger partial charge in [0.1, 0.15) is 28.5 Å². The molecule has 1 aliphatic heterocycles. The lowest BCUT2D eigenvalue weighted by atomic mass is 9.94. The van der Waals surface area contributed by atoms with Gasteiger partial charge in [0, 0.05) is 24.2 Å². The first-order chi connectivity index (χ1) is 16.9. The van der Waals surface area contributed by atoms with Crippen molar-refractivity contribution in [2.75, 3.05) is 0 Å². The third-order valence-electron chi connectivity index (χ3n) is 5.77. The second-order valence-electron chi connectivity index (χ2n) is 8.46. The van der Waals surface area contributed by atoms with Gasteiger partial charge in [0.2, 0.25) is 11.4 Å². The fraction of sp³-hybridized carbons (Fsp3) is 0.286. The number of ether oxygens (including phenoxy) is 3. The first kappa shape index (κ1) is 24.7. The van der Waals surface area contributed by atoms with Gasteiger partial charge in [0.15, 0.2) is 0 Å². The van der Waals surface area contributed by atoms with Crippen LogP contribution in [0.15, 0.2) is 72.8 Å². The van der Waals surface area contributed by atoms with Crippen LogP contribution in [0.25, 0.3) is 0 Å². The van der Waals surface area contributed by atoms with Gasteiger partial charge in [0.25, 0.3) is 5.24 Å². The predicted molar refractivity (Wildman–Crippen MR) is 137 cm³/mol. The molecule has 1 fully saturated rings. The van der Waals surface area contributed by atoms with Gasteiger partial charge in [0.05, 0.1) is 0 Å². The molecule has 3 aromatic rings. The molecule has 1 heterocycles. The summed E-state index contributed by atoms with van der Waals surface area (Å²) in [6.45, 7) is 5.83. The van der Waals surface area contributed by atoms with Gasteiger partial charge in [-0.3, -0.25) is 9.59 Å². The summed E-state index contributed by atoms with van der Waals surface area (Å²) in [6, 6.07) is 22.7. The zero-order chi connectivity index (χ0) is 24.8. The summed E-state index contributed by atoms with van der Waals surface area (Å²) in [7, 11) is 0. The highest BCUT2D eigenvalue weighted by atomic mass is 32.2. The summed E-state index contributed by atoms with van der Waals surface area (Å²) < 4.78 is 18.3. The van der Waals surface area contributed by atoms with E-state index in [1.807, 2.05) is 49.4 Å². The Morgan fingerprint density at radius 3 is 2.29 bits per heavy atom. The first-order valence-corrected chi connectivity index (χ1v) is 12.6. The van der Waals surface area contributed by atoms with E-state index in [-0.39, 0.29) is 10.4 Å². The molecule has 6 nitrogen and oxygen atoms in total. The molecule has 182 valence electrons. The van der Waals surface area contributed by atoms with Crippen molar-refractivity contribution >= 4 is 22.1 Å². The average Bonchev–Trinajstić information content (AvgIpc) is 3.12. The number of carbonyl (C=O) groups is 2. The predicted octanol–water partition coefficient (Wildman–Crippen LogP) is 6.82. The highest BCUT2D eigenvalue weighted by Gasteiger charge is 2.44. The Kier molecular flexibility index (Phi) is 7.66. The molecule has 2 atom stereocenters. The Labute approximate surface area is 210 Å². The Morgan fingerprint density at radius 1 is 0.886 bits per heavy atom. The minimum absolute atomic E-state index is 0.217. The van der Waals surface area contributed by atoms with E-state index in [0.29, 0.717) is 41.0 Å². The van der Waals surface area contributed by atoms with Crippen LogP contribution in [0.1, 0.15) is 44.7 Å². The zero-order valence-electron chi connectivity index (χ0n) is 20.1. The van der Waals surface area contributed by atoms with Gasteiger partial charge >= 0.3 is 0 Å². The maximum absolute atomic E-state index is 12.2. The van der Waals surface area contributed by atoms with Gasteiger partial charge in [-0.25, -0.2) is 0 Å². The molecule has 0 radical (unpaired) electrons. The number of amides is 1. The minimum Gasteiger partial charge on any atom is -0.457 e. The second kappa shape index (κ2) is 10.9. The van der Waals surface area contributed by atoms with Crippen molar-refractivity contribution < 1.29 is 23.8 Å². The molecule has 4 rings (SSSR count). The molecule has 0 saturated carbocycles. The van der Waals surface area contributed by atoms with E-state index in [0.717, 1.165) is 18.6 Å². The Balaban J connectivity index is 1.42. The normalized spacial score (nSPS) is 18.1. The van der Waals surface area contributed by atoms with Crippen LogP contribution < -0.4 is 19.5 Å². The SMILES string of the molecule is CCCc1ccccc1Oc1cccc(OC(CC)Oc2ccc(C3(C)NC(=O)SC3=O)cc2)c1. The molecule has 0 bridgehead atoms. The van der Waals surface area contributed by atoms with Gasteiger partial charge in [-0.1, -0.05) is 56.7 Å². The second-order valence-corrected chi connectivity index (χ2v) is 9.41. The van der Waals surface area contributed by atoms with Crippen LogP contribution in [-0.2, 0) is 16.8 Å². The van der Waals surface area contributed by atoms with E-state index in [9.17, 15) is 9.59 Å². The van der Waals surface area contributed by atoms with Crippen LogP contribution in [0, 0.1) is 0 Å². The lowest BCUT2D eigenvalue weighted by Crippen LogP contribution is -2.39. The standard InChI is InChI=1S/C28H29NO5S/c1-4-9-19-10-6-7-13-24(19)32-22-11-8-12-23(18-22)34-25(5-2)33-21-16-14-20(15-17-21)28(3)26(30)35-27(31)29-28/h6-8,10-18,25H,4-5,9H2,1-3H3,(H,29,31). The number of nitrogens with one attached hydrogen (secondary N) is 1. The molecule has 1 amide bonds. The van der Waals surface area contributed by atoms with E-state index < -0.39 is 11.8 Å². The number of carbonyl (C=O) groups excluding carboxylic acids is 2. The van der Waals surface area contributed by atoms with Crippen LogP contribution in [0.2, 0.25) is 0 Å². The van der Waals surface area contributed by atoms with Crippen LogP contribution >= 0.6 is 11.8 Å². The van der Waals surface area contributed by atoms with E-state index in [2.05, 4.69) is 18.3 Å². The number of para-hydroxylation sites is 1. The molecule has 1 saturated heterocycles. The van der Waals surface area contributed by atoms with Crippen molar-refractivity contribution in [3.63, 3.8) is 0 Å². The highest BCUT2D eigenvalue weighted by Crippen LogP contribution is 2.35. The zero-order valence-corrected chi connectivity index (χ0v) is 20.9. The summed E-state index contributed by atoms with van der Waals surface area (Å²) in [4.78, 5) is 23.9. The van der Waals surface area contributed by atoms with Crippen molar-refractivity contribution in [3.05, 3.63) is 83.9 Å². The molecule has 1 N–H and O–H groups in total. The molecular weight excluding hydrogens is 462 g/mol. The van der Waals surface area contributed by atoms with Gasteiger partial charge in [-0.2, -0.15) is 0 Å². The van der Waals surface area contributed by atoms with E-state index in [1.54, 1.807) is 31.2 Å². The third kappa shape index (κ3) is 5.80. The number of hydrogen-bond donors (Lipinski definition) is 1. The van der Waals surface area contributed by atoms with Gasteiger partial charge in [-0.05, 0) is 54.8 Å². The van der Waals surface area contributed by atoms with Gasteiger partial charge < -0.3 is 19.5 Å². The third-order valence-corrected chi connectivity index (χ3v) is 6.65. The summed E-state index contributed by atoms with van der Waals surface area (Å²) in [5.41, 5.74) is 0.846. The Hall–Kier alpha value is -3.45. The molecule has 2 unspecified atom stereocenters. The van der Waals surface area contributed by atoms with Crippen molar-refractivity contribution in [3.8, 4) is 23.0 Å². The Bertz CT molecular complexity index is 1200. The van der Waals surface area contributed by atoms with E-state index in [1.165, 1.54) is 5.56 Å². The topological polar surface area (TPSA) is 73.9 Å². The van der Waals surface area contributed by atoms with Crippen LogP contribution in [0.5, 0.6) is 23.0 Å². The summed E-state index contributed by atoms with van der Waals surface area (Å²) in [5.74, 6) is 2.79. The molecule has 7 heteroatoms. The molecule has 1 aliphatic rings. The molecule has 0 aromatic heterocycles. The fourth-order valence-electron chi connectivity index (χ4n) is 3.84.